The molecule has 2 aliphatic carbocycles. The molecule has 186 valence electrons. The van der Waals surface area contributed by atoms with Crippen LogP contribution in [-0.4, -0.2) is 70.3 Å². The number of esters is 3. The summed E-state index contributed by atoms with van der Waals surface area (Å²) in [6.07, 6.45) is -3.20. The zero-order valence-corrected chi connectivity index (χ0v) is 20.2. The molecule has 2 heterocycles. The average molecular weight is 477 g/mol. The van der Waals surface area contributed by atoms with Crippen LogP contribution in [0.2, 0.25) is 0 Å². The highest BCUT2D eigenvalue weighted by Gasteiger charge is 2.70. The molecular formula is C25H32O9. The monoisotopic (exact) mass is 476 g/mol. The van der Waals surface area contributed by atoms with Crippen molar-refractivity contribution in [2.24, 2.45) is 17.3 Å². The van der Waals surface area contributed by atoms with Gasteiger partial charge in [0.1, 0.15) is 18.3 Å². The number of aliphatic hydroxyl groups excluding tert-OH is 2. The van der Waals surface area contributed by atoms with E-state index in [4.69, 9.17) is 18.9 Å². The molecule has 3 fully saturated rings. The van der Waals surface area contributed by atoms with E-state index in [1.54, 1.807) is 47.6 Å². The first-order valence-electron chi connectivity index (χ1n) is 11.5. The van der Waals surface area contributed by atoms with E-state index in [9.17, 15) is 24.6 Å². The van der Waals surface area contributed by atoms with E-state index in [0.29, 0.717) is 11.1 Å². The van der Waals surface area contributed by atoms with Crippen molar-refractivity contribution >= 4 is 17.9 Å². The Labute approximate surface area is 198 Å². The third-order valence-corrected chi connectivity index (χ3v) is 8.19. The molecule has 0 radical (unpaired) electrons. The van der Waals surface area contributed by atoms with Crippen molar-refractivity contribution in [1.82, 2.24) is 0 Å². The second-order valence-electron chi connectivity index (χ2n) is 10.1. The Kier molecular flexibility index (Phi) is 5.82. The van der Waals surface area contributed by atoms with Crippen LogP contribution in [0.15, 0.2) is 35.5 Å². The van der Waals surface area contributed by atoms with E-state index >= 15 is 0 Å². The Morgan fingerprint density at radius 1 is 1.24 bits per heavy atom. The van der Waals surface area contributed by atoms with Crippen LogP contribution < -0.4 is 0 Å². The lowest BCUT2D eigenvalue weighted by Gasteiger charge is -2.57. The van der Waals surface area contributed by atoms with Crippen molar-refractivity contribution in [3.05, 3.63) is 35.5 Å². The summed E-state index contributed by atoms with van der Waals surface area (Å²) in [4.78, 5) is 38.6. The van der Waals surface area contributed by atoms with Crippen molar-refractivity contribution in [3.8, 4) is 0 Å². The molecule has 9 nitrogen and oxygen atoms in total. The van der Waals surface area contributed by atoms with Gasteiger partial charge in [-0.2, -0.15) is 0 Å². The Balaban J connectivity index is 1.86. The number of carbonyl (C=O) groups is 3. The zero-order valence-electron chi connectivity index (χ0n) is 20.2. The first kappa shape index (κ1) is 24.6. The van der Waals surface area contributed by atoms with Gasteiger partial charge in [-0.05, 0) is 34.6 Å². The second kappa shape index (κ2) is 8.03. The molecule has 0 bridgehead atoms. The number of hydrogen-bond acceptors (Lipinski definition) is 9. The van der Waals surface area contributed by atoms with Gasteiger partial charge in [0.05, 0.1) is 24.2 Å². The topological polar surface area (TPSA) is 132 Å². The van der Waals surface area contributed by atoms with E-state index in [2.05, 4.69) is 6.58 Å². The van der Waals surface area contributed by atoms with Crippen molar-refractivity contribution < 1.29 is 43.5 Å². The molecule has 2 N–H and O–H groups in total. The van der Waals surface area contributed by atoms with E-state index in [-0.39, 0.29) is 11.7 Å². The van der Waals surface area contributed by atoms with Crippen molar-refractivity contribution in [1.29, 1.82) is 0 Å². The Hall–Kier alpha value is -2.49. The quantitative estimate of drug-likeness (QED) is 0.203. The lowest BCUT2D eigenvalue weighted by atomic mass is 9.52. The van der Waals surface area contributed by atoms with Crippen LogP contribution in [0.25, 0.3) is 0 Å². The Morgan fingerprint density at radius 3 is 2.41 bits per heavy atom. The molecule has 0 amide bonds. The van der Waals surface area contributed by atoms with E-state index in [1.165, 1.54) is 6.08 Å². The standard InChI is InChI=1S/C25H32O9/c1-8-10(2)21(28)33-20-18(32-23(30)25(7)13(5)34-25)15-12(4)22(29)31-17(15)16-11(3)9-14(26)19(27)24(16,20)6/h8-9,13-20,26-27H,4H2,1-3,5-7H3/b10-8-/t13-,14-,15-,16+,17+,18-,19+,20+,24+,25-/m0/s1. The maximum absolute atomic E-state index is 13.1. The fourth-order valence-corrected chi connectivity index (χ4v) is 5.72. The number of carbonyl (C=O) groups excluding carboxylic acids is 3. The van der Waals surface area contributed by atoms with Crippen LogP contribution in [0.4, 0.5) is 0 Å². The fourth-order valence-electron chi connectivity index (χ4n) is 5.72. The average Bonchev–Trinajstić information content (AvgIpc) is 3.30. The highest BCUT2D eigenvalue weighted by molar-refractivity contribution is 5.92. The van der Waals surface area contributed by atoms with Crippen LogP contribution in [0.1, 0.15) is 41.5 Å². The van der Waals surface area contributed by atoms with Gasteiger partial charge in [-0.3, -0.25) is 0 Å². The summed E-state index contributed by atoms with van der Waals surface area (Å²) >= 11 is 0. The summed E-state index contributed by atoms with van der Waals surface area (Å²) in [5, 5.41) is 21.8. The number of rotatable bonds is 4. The normalized spacial score (nSPS) is 45.5. The van der Waals surface area contributed by atoms with E-state index < -0.39 is 71.3 Å². The summed E-state index contributed by atoms with van der Waals surface area (Å²) in [6, 6.07) is 0. The van der Waals surface area contributed by atoms with Gasteiger partial charge in [0, 0.05) is 22.5 Å². The van der Waals surface area contributed by atoms with Gasteiger partial charge < -0.3 is 29.2 Å². The van der Waals surface area contributed by atoms with Crippen molar-refractivity contribution in [2.45, 2.75) is 83.8 Å². The lowest BCUT2D eigenvalue weighted by Crippen LogP contribution is -2.69. The summed E-state index contributed by atoms with van der Waals surface area (Å²) in [5.74, 6) is -3.43. The van der Waals surface area contributed by atoms with Gasteiger partial charge >= 0.3 is 17.9 Å². The second-order valence-corrected chi connectivity index (χ2v) is 10.1. The van der Waals surface area contributed by atoms with Crippen LogP contribution in [0, 0.1) is 17.3 Å². The van der Waals surface area contributed by atoms with E-state index in [0.717, 1.165) is 0 Å². The number of hydrogen-bond donors (Lipinski definition) is 2. The van der Waals surface area contributed by atoms with Gasteiger partial charge in [0.2, 0.25) is 0 Å². The molecular weight excluding hydrogens is 444 g/mol. The number of aliphatic hydroxyl groups is 2. The number of ether oxygens (including phenoxy) is 4. The highest BCUT2D eigenvalue weighted by atomic mass is 16.7. The van der Waals surface area contributed by atoms with Gasteiger partial charge in [0.15, 0.2) is 5.60 Å². The molecule has 2 saturated heterocycles. The first-order chi connectivity index (χ1) is 15.8. The lowest BCUT2D eigenvalue weighted by molar-refractivity contribution is -0.238. The summed E-state index contributed by atoms with van der Waals surface area (Å²) in [6.45, 7) is 13.9. The number of allylic oxidation sites excluding steroid dienone is 1. The third kappa shape index (κ3) is 3.36. The first-order valence-corrected chi connectivity index (χ1v) is 11.5. The largest absolute Gasteiger partial charge is 0.458 e. The van der Waals surface area contributed by atoms with Crippen LogP contribution in [0.5, 0.6) is 0 Å². The minimum Gasteiger partial charge on any atom is -0.458 e. The summed E-state index contributed by atoms with van der Waals surface area (Å²) in [5.41, 5.74) is -1.45. The molecule has 9 heteroatoms. The molecule has 10 atom stereocenters. The Morgan fingerprint density at radius 2 is 1.85 bits per heavy atom. The predicted octanol–water partition coefficient (Wildman–Crippen LogP) is 1.37. The maximum atomic E-state index is 13.1. The molecule has 0 unspecified atom stereocenters. The molecule has 1 saturated carbocycles. The molecule has 2 aliphatic heterocycles. The third-order valence-electron chi connectivity index (χ3n) is 8.19. The van der Waals surface area contributed by atoms with Crippen molar-refractivity contribution in [2.75, 3.05) is 0 Å². The molecule has 0 aromatic carbocycles. The molecule has 0 spiro atoms. The smallest absolute Gasteiger partial charge is 0.341 e. The van der Waals surface area contributed by atoms with Gasteiger partial charge in [0.25, 0.3) is 0 Å². The van der Waals surface area contributed by atoms with E-state index in [1.807, 2.05) is 0 Å². The fraction of sp³-hybridized carbons (Fsp3) is 0.640. The van der Waals surface area contributed by atoms with Crippen LogP contribution in [-0.2, 0) is 33.3 Å². The maximum Gasteiger partial charge on any atom is 0.341 e. The van der Waals surface area contributed by atoms with Crippen LogP contribution >= 0.6 is 0 Å². The minimum absolute atomic E-state index is 0.0944. The zero-order chi connectivity index (χ0) is 25.3. The SMILES string of the molecule is C=C1C(=O)O[C@@H]2[C@H]1[C@H](OC(=O)[C@@]1(C)O[C@H]1C)[C@@H](OC(=O)/C(C)=C\C)[C@@]1(C)[C@H](O)[C@@H](O)C=C(C)[C@H]21. The van der Waals surface area contributed by atoms with Gasteiger partial charge in [-0.1, -0.05) is 31.2 Å². The Bertz CT molecular complexity index is 1010. The summed E-state index contributed by atoms with van der Waals surface area (Å²) < 4.78 is 22.9. The molecule has 4 rings (SSSR count). The van der Waals surface area contributed by atoms with Gasteiger partial charge in [-0.25, -0.2) is 14.4 Å². The molecule has 34 heavy (non-hydrogen) atoms. The van der Waals surface area contributed by atoms with Crippen LogP contribution in [0.3, 0.4) is 0 Å². The molecule has 4 aliphatic rings. The number of epoxide rings is 1. The summed E-state index contributed by atoms with van der Waals surface area (Å²) in [7, 11) is 0. The van der Waals surface area contributed by atoms with Crippen molar-refractivity contribution in [3.63, 3.8) is 0 Å². The molecule has 0 aromatic heterocycles. The minimum atomic E-state index is -1.40. The highest BCUT2D eigenvalue weighted by Crippen LogP contribution is 2.58. The molecule has 0 aromatic rings. The number of fused-ring (bicyclic) bond motifs is 3. The predicted molar refractivity (Wildman–Crippen MR) is 118 cm³/mol. The van der Waals surface area contributed by atoms with Gasteiger partial charge in [-0.15, -0.1) is 0 Å².